The van der Waals surface area contributed by atoms with E-state index in [4.69, 9.17) is 18.0 Å². The van der Waals surface area contributed by atoms with Gasteiger partial charge in [0.2, 0.25) is 0 Å². The number of rotatable bonds is 3. The molecule has 0 amide bonds. The molecule has 1 fully saturated rings. The minimum absolute atomic E-state index is 0.167. The number of hydrogen-bond donors (Lipinski definition) is 0. The average molecular weight is 261 g/mol. The smallest absolute Gasteiger partial charge is 0.165 e. The van der Waals surface area contributed by atoms with Crippen LogP contribution in [0, 0.1) is 24.2 Å². The second-order valence-electron chi connectivity index (χ2n) is 5.00. The van der Waals surface area contributed by atoms with Gasteiger partial charge in [-0.1, -0.05) is 11.6 Å². The summed E-state index contributed by atoms with van der Waals surface area (Å²) in [6.07, 6.45) is 10.3. The lowest BCUT2D eigenvalue weighted by atomic mass is 9.77. The highest BCUT2D eigenvalue weighted by atomic mass is 35.5. The van der Waals surface area contributed by atoms with E-state index in [2.05, 4.69) is 5.92 Å². The Balaban J connectivity index is 1.95. The molecule has 1 aliphatic carbocycles. The predicted octanol–water partition coefficient (Wildman–Crippen LogP) is 4.35. The Hall–Kier alpha value is -1.26. The topological polar surface area (TPSA) is 17.1 Å². The molecule has 0 aliphatic heterocycles. The fraction of sp³-hybridized carbons (Fsp3) is 0.438. The summed E-state index contributed by atoms with van der Waals surface area (Å²) in [5.41, 5.74) is 0.778. The van der Waals surface area contributed by atoms with Crippen molar-refractivity contribution < 1.29 is 4.79 Å². The number of Topliss-reactive ketones (excluding diaryl/α,β-unsaturated/α-hetero) is 1. The summed E-state index contributed by atoms with van der Waals surface area (Å²) in [5, 5.41) is 0.671. The van der Waals surface area contributed by atoms with Crippen LogP contribution in [0.5, 0.6) is 0 Å². The van der Waals surface area contributed by atoms with E-state index in [0.717, 1.165) is 37.7 Å². The van der Waals surface area contributed by atoms with Gasteiger partial charge in [-0.05, 0) is 55.9 Å². The summed E-state index contributed by atoms with van der Waals surface area (Å²) in [7, 11) is 0. The molecule has 1 saturated carbocycles. The molecule has 0 atom stereocenters. The van der Waals surface area contributed by atoms with E-state index in [9.17, 15) is 4.79 Å². The third-order valence-electron chi connectivity index (χ3n) is 3.75. The molecule has 18 heavy (non-hydrogen) atoms. The number of ketones is 1. The summed E-state index contributed by atoms with van der Waals surface area (Å²) in [4.78, 5) is 12.3. The third-order valence-corrected chi connectivity index (χ3v) is 4.00. The quantitative estimate of drug-likeness (QED) is 0.583. The first-order valence-corrected chi connectivity index (χ1v) is 6.81. The van der Waals surface area contributed by atoms with Crippen LogP contribution in [0.2, 0.25) is 5.02 Å². The van der Waals surface area contributed by atoms with Crippen LogP contribution >= 0.6 is 11.6 Å². The first-order chi connectivity index (χ1) is 8.70. The highest BCUT2D eigenvalue weighted by Crippen LogP contribution is 2.32. The van der Waals surface area contributed by atoms with Gasteiger partial charge in [-0.15, -0.1) is 12.3 Å². The van der Waals surface area contributed by atoms with E-state index in [1.807, 2.05) is 12.1 Å². The fourth-order valence-electron chi connectivity index (χ4n) is 2.65. The molecule has 0 heterocycles. The molecule has 0 radical (unpaired) electrons. The predicted molar refractivity (Wildman–Crippen MR) is 74.7 cm³/mol. The van der Waals surface area contributed by atoms with Crippen molar-refractivity contribution in [2.45, 2.75) is 32.1 Å². The zero-order valence-electron chi connectivity index (χ0n) is 10.4. The van der Waals surface area contributed by atoms with Crippen molar-refractivity contribution in [1.82, 2.24) is 0 Å². The maximum atomic E-state index is 12.3. The van der Waals surface area contributed by atoms with Crippen molar-refractivity contribution in [2.24, 2.45) is 11.8 Å². The summed E-state index contributed by atoms with van der Waals surface area (Å²) in [5.74, 6) is 3.76. The first kappa shape index (κ1) is 13.2. The summed E-state index contributed by atoms with van der Waals surface area (Å²) in [6, 6.07) is 7.19. The number of carbonyl (C=O) groups excluding carboxylic acids is 1. The van der Waals surface area contributed by atoms with Gasteiger partial charge in [0, 0.05) is 22.9 Å². The van der Waals surface area contributed by atoms with Gasteiger partial charge >= 0.3 is 0 Å². The van der Waals surface area contributed by atoms with Crippen LogP contribution in [0.4, 0.5) is 0 Å². The normalized spacial score (nSPS) is 23.3. The Kier molecular flexibility index (Phi) is 4.44. The van der Waals surface area contributed by atoms with Gasteiger partial charge in [0.25, 0.3) is 0 Å². The molecule has 94 valence electrons. The van der Waals surface area contributed by atoms with Gasteiger partial charge in [0.15, 0.2) is 5.78 Å². The van der Waals surface area contributed by atoms with Gasteiger partial charge < -0.3 is 0 Å². The van der Waals surface area contributed by atoms with Crippen molar-refractivity contribution in [3.8, 4) is 12.3 Å². The molecule has 2 rings (SSSR count). The molecule has 1 aromatic carbocycles. The lowest BCUT2D eigenvalue weighted by Crippen LogP contribution is -2.21. The zero-order chi connectivity index (χ0) is 13.0. The molecule has 0 bridgehead atoms. The number of carbonyl (C=O) groups is 1. The van der Waals surface area contributed by atoms with Crippen LogP contribution in [0.15, 0.2) is 24.3 Å². The molecule has 0 aromatic heterocycles. The van der Waals surface area contributed by atoms with Gasteiger partial charge in [-0.3, -0.25) is 4.79 Å². The summed E-state index contributed by atoms with van der Waals surface area (Å²) >= 11 is 5.83. The fourth-order valence-corrected chi connectivity index (χ4v) is 2.77. The van der Waals surface area contributed by atoms with Crippen molar-refractivity contribution in [3.05, 3.63) is 34.9 Å². The SMILES string of the molecule is C#CCC1CCC(C(=O)c2ccc(Cl)cc2)CC1. The average Bonchev–Trinajstić information content (AvgIpc) is 2.40. The molecule has 2 heteroatoms. The number of benzene rings is 1. The number of halogens is 1. The maximum Gasteiger partial charge on any atom is 0.165 e. The van der Waals surface area contributed by atoms with Gasteiger partial charge in [-0.2, -0.15) is 0 Å². The summed E-state index contributed by atoms with van der Waals surface area (Å²) < 4.78 is 0. The van der Waals surface area contributed by atoms with Crippen LogP contribution in [-0.2, 0) is 0 Å². The molecular formula is C16H17ClO. The van der Waals surface area contributed by atoms with E-state index >= 15 is 0 Å². The lowest BCUT2D eigenvalue weighted by molar-refractivity contribution is 0.0873. The van der Waals surface area contributed by atoms with Crippen molar-refractivity contribution in [1.29, 1.82) is 0 Å². The Morgan fingerprint density at radius 2 is 1.83 bits per heavy atom. The Morgan fingerprint density at radius 1 is 1.22 bits per heavy atom. The number of terminal acetylenes is 1. The lowest BCUT2D eigenvalue weighted by Gasteiger charge is -2.26. The molecule has 0 saturated heterocycles. The molecule has 1 aromatic rings. The van der Waals surface area contributed by atoms with E-state index in [1.54, 1.807) is 12.1 Å². The highest BCUT2D eigenvalue weighted by Gasteiger charge is 2.26. The minimum Gasteiger partial charge on any atom is -0.294 e. The third kappa shape index (κ3) is 3.15. The molecule has 1 aliphatic rings. The molecule has 0 N–H and O–H groups in total. The number of hydrogen-bond acceptors (Lipinski definition) is 1. The van der Waals surface area contributed by atoms with Crippen LogP contribution in [-0.4, -0.2) is 5.78 Å². The second kappa shape index (κ2) is 6.07. The maximum absolute atomic E-state index is 12.3. The van der Waals surface area contributed by atoms with E-state index in [1.165, 1.54) is 0 Å². The minimum atomic E-state index is 0.167. The van der Waals surface area contributed by atoms with Gasteiger partial charge in [0.1, 0.15) is 0 Å². The van der Waals surface area contributed by atoms with Gasteiger partial charge in [0.05, 0.1) is 0 Å². The zero-order valence-corrected chi connectivity index (χ0v) is 11.1. The van der Waals surface area contributed by atoms with E-state index in [-0.39, 0.29) is 11.7 Å². The first-order valence-electron chi connectivity index (χ1n) is 6.44. The highest BCUT2D eigenvalue weighted by molar-refractivity contribution is 6.30. The van der Waals surface area contributed by atoms with E-state index < -0.39 is 0 Å². The van der Waals surface area contributed by atoms with E-state index in [0.29, 0.717) is 10.9 Å². The van der Waals surface area contributed by atoms with Crippen molar-refractivity contribution >= 4 is 17.4 Å². The Labute approximate surface area is 114 Å². The van der Waals surface area contributed by atoms with Crippen LogP contribution < -0.4 is 0 Å². The Morgan fingerprint density at radius 3 is 2.39 bits per heavy atom. The molecule has 0 spiro atoms. The monoisotopic (exact) mass is 260 g/mol. The second-order valence-corrected chi connectivity index (χ2v) is 5.43. The van der Waals surface area contributed by atoms with Crippen LogP contribution in [0.3, 0.4) is 0 Å². The summed E-state index contributed by atoms with van der Waals surface area (Å²) in [6.45, 7) is 0. The van der Waals surface area contributed by atoms with Crippen molar-refractivity contribution in [3.63, 3.8) is 0 Å². The molecule has 1 nitrogen and oxygen atoms in total. The standard InChI is InChI=1S/C16H17ClO/c1-2-3-12-4-6-13(7-5-12)16(18)14-8-10-15(17)11-9-14/h1,8-13H,3-7H2. The van der Waals surface area contributed by atoms with Gasteiger partial charge in [-0.25, -0.2) is 0 Å². The van der Waals surface area contributed by atoms with Crippen LogP contribution in [0.25, 0.3) is 0 Å². The molecule has 0 unspecified atom stereocenters. The largest absolute Gasteiger partial charge is 0.294 e. The Bertz CT molecular complexity index is 447. The van der Waals surface area contributed by atoms with Crippen molar-refractivity contribution in [2.75, 3.05) is 0 Å². The van der Waals surface area contributed by atoms with Crippen LogP contribution in [0.1, 0.15) is 42.5 Å². The molecular weight excluding hydrogens is 244 g/mol.